The van der Waals surface area contributed by atoms with E-state index in [2.05, 4.69) is 15.5 Å². The predicted octanol–water partition coefficient (Wildman–Crippen LogP) is -1.08. The van der Waals surface area contributed by atoms with Crippen LogP contribution >= 0.6 is 34.9 Å². The van der Waals surface area contributed by atoms with Crippen molar-refractivity contribution < 1.29 is 32.7 Å². The molecule has 0 saturated carbocycles. The van der Waals surface area contributed by atoms with Crippen LogP contribution in [0.3, 0.4) is 0 Å². The van der Waals surface area contributed by atoms with Crippen LogP contribution in [0.2, 0.25) is 0 Å². The van der Waals surface area contributed by atoms with E-state index in [1.54, 1.807) is 0 Å². The lowest BCUT2D eigenvalue weighted by atomic mass is 10.0. The number of hydrogen-bond donors (Lipinski definition) is 4. The maximum absolute atomic E-state index is 12.9. The number of carboxylic acids is 1. The van der Waals surface area contributed by atoms with Gasteiger partial charge in [0.15, 0.2) is 20.7 Å². The Bertz CT molecular complexity index is 1170. The fourth-order valence-electron chi connectivity index (χ4n) is 3.41. The molecule has 1 fully saturated rings. The molecule has 0 aliphatic carbocycles. The topological polar surface area (TPSA) is 207 Å². The number of nitrogens with one attached hydrogen (secondary N) is 1. The van der Waals surface area contributed by atoms with Crippen molar-refractivity contribution in [1.29, 1.82) is 0 Å². The van der Waals surface area contributed by atoms with Crippen LogP contribution in [0.25, 0.3) is 0 Å². The summed E-state index contributed by atoms with van der Waals surface area (Å²) in [4.78, 5) is 47.3. The maximum atomic E-state index is 12.9. The monoisotopic (exact) mass is 564 g/mol. The minimum atomic E-state index is -3.59. The molecule has 2 atom stereocenters. The molecule has 2 aliphatic heterocycles. The van der Waals surface area contributed by atoms with E-state index in [4.69, 9.17) is 16.3 Å². The van der Waals surface area contributed by atoms with Gasteiger partial charge in [-0.15, -0.1) is 23.1 Å². The molecule has 6 N–H and O–H groups in total. The van der Waals surface area contributed by atoms with Gasteiger partial charge in [-0.3, -0.25) is 14.5 Å². The molecular formula is C18H24N6O7S4. The number of anilines is 1. The highest BCUT2D eigenvalue weighted by Gasteiger charge is 2.54. The lowest BCUT2D eigenvalue weighted by molar-refractivity contribution is -0.150. The highest BCUT2D eigenvalue weighted by Crippen LogP contribution is 2.40. The SMILES string of the molecule is CO/N=C(\C(=O)NC1C(=O)N2C(C(=O)O)=C(CS(=O)(=O)CCSCCN)CS[C@H]12)c1csc(N)n1. The third-order valence-corrected chi connectivity index (χ3v) is 9.80. The Kier molecular flexibility index (Phi) is 9.03. The normalized spacial score (nSPS) is 20.3. The van der Waals surface area contributed by atoms with Gasteiger partial charge in [-0.25, -0.2) is 18.2 Å². The van der Waals surface area contributed by atoms with E-state index in [-0.39, 0.29) is 39.3 Å². The number of thiazole rings is 1. The largest absolute Gasteiger partial charge is 0.477 e. The second-order valence-electron chi connectivity index (χ2n) is 7.30. The number of thioether (sulfide) groups is 2. The first kappa shape index (κ1) is 27.3. The van der Waals surface area contributed by atoms with Crippen LogP contribution in [0, 0.1) is 0 Å². The highest BCUT2D eigenvalue weighted by atomic mass is 32.2. The van der Waals surface area contributed by atoms with Crippen LogP contribution in [0.15, 0.2) is 21.8 Å². The van der Waals surface area contributed by atoms with Crippen LogP contribution in [-0.2, 0) is 29.1 Å². The third kappa shape index (κ3) is 6.27. The number of rotatable bonds is 12. The molecular weight excluding hydrogens is 541 g/mol. The molecule has 3 heterocycles. The number of fused-ring (bicyclic) bond motifs is 1. The quantitative estimate of drug-likeness (QED) is 0.103. The molecule has 17 heteroatoms. The van der Waals surface area contributed by atoms with Crippen LogP contribution in [0.5, 0.6) is 0 Å². The molecule has 1 aromatic rings. The second kappa shape index (κ2) is 11.6. The first-order valence-electron chi connectivity index (χ1n) is 10.1. The summed E-state index contributed by atoms with van der Waals surface area (Å²) in [5.41, 5.74) is 10.8. The summed E-state index contributed by atoms with van der Waals surface area (Å²) in [5, 5.41) is 17.0. The summed E-state index contributed by atoms with van der Waals surface area (Å²) in [7, 11) is -2.35. The Morgan fingerprint density at radius 3 is 2.77 bits per heavy atom. The van der Waals surface area contributed by atoms with Gasteiger partial charge in [0.1, 0.15) is 29.9 Å². The van der Waals surface area contributed by atoms with E-state index >= 15 is 0 Å². The Morgan fingerprint density at radius 2 is 2.17 bits per heavy atom. The summed E-state index contributed by atoms with van der Waals surface area (Å²) >= 11 is 3.66. The van der Waals surface area contributed by atoms with E-state index in [1.807, 2.05) is 0 Å². The van der Waals surface area contributed by atoms with Crippen molar-refractivity contribution in [3.05, 3.63) is 22.3 Å². The van der Waals surface area contributed by atoms with Crippen molar-refractivity contribution in [2.24, 2.45) is 10.9 Å². The van der Waals surface area contributed by atoms with Gasteiger partial charge in [0, 0.05) is 29.2 Å². The standard InChI is InChI=1S/C18H24N6O7S4/c1-31-23-11(10-7-34-18(20)21-10)14(25)22-12-15(26)24-13(17(27)28)9(6-33-16(12)24)8-35(29,30)5-4-32-3-2-19/h7,12,16H,2-6,8,19H2,1H3,(H2,20,21)(H,22,25)(H,27,28)/b23-11-/t12?,16-/m1/s1. The zero-order valence-corrected chi connectivity index (χ0v) is 21.8. The Morgan fingerprint density at radius 1 is 1.43 bits per heavy atom. The zero-order valence-electron chi connectivity index (χ0n) is 18.5. The molecule has 0 aromatic carbocycles. The molecule has 2 amide bonds. The minimum Gasteiger partial charge on any atom is -0.477 e. The summed E-state index contributed by atoms with van der Waals surface area (Å²) in [6, 6.07) is -1.04. The number of hydrogen-bond acceptors (Lipinski definition) is 13. The number of nitrogens with two attached hydrogens (primary N) is 2. The summed E-state index contributed by atoms with van der Waals surface area (Å²) in [6.07, 6.45) is 0. The average molecular weight is 565 g/mol. The van der Waals surface area contributed by atoms with Gasteiger partial charge in [-0.05, 0) is 5.57 Å². The Hall–Kier alpha value is -2.34. The minimum absolute atomic E-state index is 0.0826. The van der Waals surface area contributed by atoms with Gasteiger partial charge in [0.05, 0.1) is 11.5 Å². The predicted molar refractivity (Wildman–Crippen MR) is 135 cm³/mol. The van der Waals surface area contributed by atoms with Gasteiger partial charge in [0.2, 0.25) is 0 Å². The number of carbonyl (C=O) groups excluding carboxylic acids is 2. The zero-order chi connectivity index (χ0) is 25.8. The molecule has 35 heavy (non-hydrogen) atoms. The van der Waals surface area contributed by atoms with Gasteiger partial charge >= 0.3 is 5.97 Å². The van der Waals surface area contributed by atoms with E-state index in [0.717, 1.165) is 16.2 Å². The van der Waals surface area contributed by atoms with Crippen LogP contribution in [0.4, 0.5) is 5.13 Å². The van der Waals surface area contributed by atoms with Crippen LogP contribution in [0.1, 0.15) is 5.69 Å². The highest BCUT2D eigenvalue weighted by molar-refractivity contribution is 8.01. The summed E-state index contributed by atoms with van der Waals surface area (Å²) in [6.45, 7) is 0.433. The third-order valence-electron chi connectivity index (χ3n) is 4.89. The van der Waals surface area contributed by atoms with E-state index < -0.39 is 44.8 Å². The fraction of sp³-hybridized carbons (Fsp3) is 0.500. The maximum Gasteiger partial charge on any atom is 0.352 e. The van der Waals surface area contributed by atoms with Crippen molar-refractivity contribution in [3.63, 3.8) is 0 Å². The summed E-state index contributed by atoms with van der Waals surface area (Å²) in [5.74, 6) is -2.37. The molecule has 0 spiro atoms. The number of amides is 2. The van der Waals surface area contributed by atoms with E-state index in [9.17, 15) is 27.9 Å². The Labute approximate surface area is 213 Å². The van der Waals surface area contributed by atoms with E-state index in [1.165, 1.54) is 36.0 Å². The van der Waals surface area contributed by atoms with E-state index in [0.29, 0.717) is 18.1 Å². The number of aliphatic carboxylic acids is 1. The first-order chi connectivity index (χ1) is 16.6. The lowest BCUT2D eigenvalue weighted by Crippen LogP contribution is -2.71. The molecule has 192 valence electrons. The number of carboxylic acid groups (broad SMARTS) is 1. The number of β-lactam (4-membered cyclic amide) rings is 1. The van der Waals surface area contributed by atoms with Gasteiger partial charge < -0.3 is 26.7 Å². The number of sulfone groups is 1. The van der Waals surface area contributed by atoms with Crippen molar-refractivity contribution in [1.82, 2.24) is 15.2 Å². The number of oxime groups is 1. The molecule has 0 radical (unpaired) electrons. The molecule has 1 unspecified atom stereocenters. The van der Waals surface area contributed by atoms with Crippen LogP contribution < -0.4 is 16.8 Å². The fourth-order valence-corrected chi connectivity index (χ4v) is 8.20. The van der Waals surface area contributed by atoms with Crippen molar-refractivity contribution in [2.45, 2.75) is 11.4 Å². The number of carbonyl (C=O) groups is 3. The van der Waals surface area contributed by atoms with Gasteiger partial charge in [0.25, 0.3) is 11.8 Å². The van der Waals surface area contributed by atoms with Gasteiger partial charge in [-0.2, -0.15) is 11.8 Å². The van der Waals surface area contributed by atoms with Gasteiger partial charge in [-0.1, -0.05) is 5.16 Å². The smallest absolute Gasteiger partial charge is 0.352 e. The summed E-state index contributed by atoms with van der Waals surface area (Å²) < 4.78 is 25.0. The van der Waals surface area contributed by atoms with Crippen molar-refractivity contribution >= 4 is 73.3 Å². The first-order valence-corrected chi connectivity index (χ1v) is 15.0. The lowest BCUT2D eigenvalue weighted by Gasteiger charge is -2.49. The molecule has 1 aromatic heterocycles. The molecule has 13 nitrogen and oxygen atoms in total. The molecule has 2 aliphatic rings. The van der Waals surface area contributed by atoms with Crippen molar-refractivity contribution in [2.75, 3.05) is 48.2 Å². The number of nitrogens with zero attached hydrogens (tertiary/aromatic N) is 3. The Balaban J connectivity index is 1.74. The number of aromatic nitrogens is 1. The molecule has 0 bridgehead atoms. The van der Waals surface area contributed by atoms with Crippen LogP contribution in [-0.4, -0.2) is 101 Å². The second-order valence-corrected chi connectivity index (χ2v) is 12.7. The van der Waals surface area contributed by atoms with Crippen molar-refractivity contribution in [3.8, 4) is 0 Å². The molecule has 1 saturated heterocycles. The average Bonchev–Trinajstić information content (AvgIpc) is 3.23. The number of nitrogen functional groups attached to an aromatic ring is 1. The molecule has 3 rings (SSSR count).